The summed E-state index contributed by atoms with van der Waals surface area (Å²) in [5.74, 6) is 0.694. The van der Waals surface area contributed by atoms with E-state index in [-0.39, 0.29) is 23.1 Å². The van der Waals surface area contributed by atoms with Gasteiger partial charge in [0.25, 0.3) is 0 Å². The number of aryl methyl sites for hydroxylation is 1. The molecule has 0 saturated heterocycles. The maximum atomic E-state index is 13.3. The van der Waals surface area contributed by atoms with Gasteiger partial charge in [-0.3, -0.25) is 14.2 Å². The number of methoxy groups -OCH3 is 2. The van der Waals surface area contributed by atoms with Crippen LogP contribution in [0.1, 0.15) is 10.4 Å². The van der Waals surface area contributed by atoms with Gasteiger partial charge in [0.15, 0.2) is 0 Å². The first kappa shape index (κ1) is 21.6. The van der Waals surface area contributed by atoms with Crippen LogP contribution in [0, 0.1) is 12.7 Å². The molecule has 1 heterocycles. The van der Waals surface area contributed by atoms with Crippen LogP contribution in [0.5, 0.6) is 11.5 Å². The Morgan fingerprint density at radius 1 is 1.13 bits per heavy atom. The van der Waals surface area contributed by atoms with Crippen molar-refractivity contribution in [3.05, 3.63) is 68.4 Å². The average molecular weight is 431 g/mol. The van der Waals surface area contributed by atoms with Crippen LogP contribution >= 0.6 is 11.3 Å². The van der Waals surface area contributed by atoms with Crippen molar-refractivity contribution >= 4 is 17.2 Å². The summed E-state index contributed by atoms with van der Waals surface area (Å²) in [6, 6.07) is 11.3. The number of aromatic nitrogens is 1. The van der Waals surface area contributed by atoms with Crippen molar-refractivity contribution < 1.29 is 18.7 Å². The highest BCUT2D eigenvalue weighted by atomic mass is 32.1. The van der Waals surface area contributed by atoms with Gasteiger partial charge in [0.2, 0.25) is 5.91 Å². The summed E-state index contributed by atoms with van der Waals surface area (Å²) < 4.78 is 25.3. The molecule has 2 aromatic carbocycles. The van der Waals surface area contributed by atoms with Crippen LogP contribution in [0.15, 0.2) is 47.3 Å². The Kier molecular flexibility index (Phi) is 6.56. The molecule has 3 rings (SSSR count). The maximum Gasteiger partial charge on any atom is 0.308 e. The molecular formula is C22H23FN2O4S. The minimum absolute atomic E-state index is 0.106. The molecule has 8 heteroatoms. The van der Waals surface area contributed by atoms with Crippen molar-refractivity contribution in [1.82, 2.24) is 9.47 Å². The highest BCUT2D eigenvalue weighted by Crippen LogP contribution is 2.27. The quantitative estimate of drug-likeness (QED) is 0.574. The third-order valence-electron chi connectivity index (χ3n) is 4.80. The van der Waals surface area contributed by atoms with E-state index in [1.807, 2.05) is 13.0 Å². The zero-order valence-corrected chi connectivity index (χ0v) is 18.1. The molecule has 0 N–H and O–H groups in total. The van der Waals surface area contributed by atoms with E-state index < -0.39 is 0 Å². The third kappa shape index (κ3) is 4.54. The summed E-state index contributed by atoms with van der Waals surface area (Å²) in [5.41, 5.74) is 2.15. The topological polar surface area (TPSA) is 60.8 Å². The molecule has 0 aliphatic heterocycles. The Morgan fingerprint density at radius 3 is 2.47 bits per heavy atom. The Bertz CT molecular complexity index is 1110. The van der Waals surface area contributed by atoms with E-state index in [1.165, 1.54) is 21.6 Å². The second-order valence-electron chi connectivity index (χ2n) is 6.79. The number of halogens is 1. The second-order valence-corrected chi connectivity index (χ2v) is 7.96. The molecule has 0 bridgehead atoms. The van der Waals surface area contributed by atoms with Crippen LogP contribution in [0.4, 0.5) is 4.39 Å². The van der Waals surface area contributed by atoms with Gasteiger partial charge in [0.05, 0.1) is 19.9 Å². The lowest BCUT2D eigenvalue weighted by atomic mass is 10.1. The lowest BCUT2D eigenvalue weighted by Gasteiger charge is -2.20. The molecule has 0 aliphatic carbocycles. The van der Waals surface area contributed by atoms with E-state index in [0.29, 0.717) is 29.3 Å². The molecule has 0 saturated carbocycles. The van der Waals surface area contributed by atoms with Crippen molar-refractivity contribution in [3.8, 4) is 22.8 Å². The summed E-state index contributed by atoms with van der Waals surface area (Å²) >= 11 is 1.07. The molecule has 158 valence electrons. The van der Waals surface area contributed by atoms with E-state index in [2.05, 4.69) is 0 Å². The molecule has 0 aliphatic rings. The van der Waals surface area contributed by atoms with Gasteiger partial charge >= 0.3 is 4.87 Å². The fourth-order valence-electron chi connectivity index (χ4n) is 3.21. The van der Waals surface area contributed by atoms with Crippen LogP contribution in [0.3, 0.4) is 0 Å². The van der Waals surface area contributed by atoms with E-state index in [4.69, 9.17) is 9.47 Å². The Hall–Kier alpha value is -3.13. The number of likely N-dealkylation sites (N-methyl/N-ethyl adjacent to an activating group) is 1. The van der Waals surface area contributed by atoms with E-state index in [1.54, 1.807) is 45.5 Å². The fourth-order valence-corrected chi connectivity index (χ4v) is 4.06. The Labute approximate surface area is 178 Å². The molecule has 0 spiro atoms. The monoisotopic (exact) mass is 430 g/mol. The normalized spacial score (nSPS) is 10.7. The first-order valence-electron chi connectivity index (χ1n) is 9.25. The number of rotatable bonds is 7. The number of carbonyl (C=O) groups is 1. The smallest absolute Gasteiger partial charge is 0.308 e. The summed E-state index contributed by atoms with van der Waals surface area (Å²) in [7, 11) is 4.81. The van der Waals surface area contributed by atoms with Crippen molar-refractivity contribution in [3.63, 3.8) is 0 Å². The van der Waals surface area contributed by atoms with Crippen LogP contribution < -0.4 is 14.3 Å². The molecule has 0 radical (unpaired) electrons. The van der Waals surface area contributed by atoms with E-state index in [9.17, 15) is 14.0 Å². The number of carbonyl (C=O) groups excluding carboxylic acids is 1. The maximum absolute atomic E-state index is 13.3. The van der Waals surface area contributed by atoms with Gasteiger partial charge in [0, 0.05) is 30.1 Å². The number of thiazole rings is 1. The average Bonchev–Trinajstić information content (AvgIpc) is 3.01. The molecule has 1 aromatic heterocycles. The minimum atomic E-state index is -0.357. The predicted molar refractivity (Wildman–Crippen MR) is 115 cm³/mol. The van der Waals surface area contributed by atoms with Crippen molar-refractivity contribution in [2.24, 2.45) is 0 Å². The fraction of sp³-hybridized carbons (Fsp3) is 0.273. The zero-order chi connectivity index (χ0) is 21.8. The van der Waals surface area contributed by atoms with Crippen LogP contribution in [-0.4, -0.2) is 36.6 Å². The van der Waals surface area contributed by atoms with E-state index in [0.717, 1.165) is 21.8 Å². The number of amides is 1. The molecular weight excluding hydrogens is 407 g/mol. The number of hydrogen-bond donors (Lipinski definition) is 0. The van der Waals surface area contributed by atoms with Crippen molar-refractivity contribution in [1.29, 1.82) is 0 Å². The lowest BCUT2D eigenvalue weighted by molar-refractivity contribution is -0.131. The number of nitrogens with zero attached hydrogens (tertiary/aromatic N) is 2. The molecule has 0 unspecified atom stereocenters. The summed E-state index contributed by atoms with van der Waals surface area (Å²) in [6.45, 7) is 2.03. The third-order valence-corrected chi connectivity index (χ3v) is 5.70. The van der Waals surface area contributed by atoms with Crippen LogP contribution in [-0.2, 0) is 17.9 Å². The summed E-state index contributed by atoms with van der Waals surface area (Å²) in [6.07, 6.45) is 0. The van der Waals surface area contributed by atoms with Gasteiger partial charge in [-0.1, -0.05) is 11.3 Å². The first-order valence-corrected chi connectivity index (χ1v) is 10.1. The number of hydrogen-bond acceptors (Lipinski definition) is 5. The predicted octanol–water partition coefficient (Wildman–Crippen LogP) is 3.70. The first-order chi connectivity index (χ1) is 14.3. The Morgan fingerprint density at radius 2 is 1.83 bits per heavy atom. The second kappa shape index (κ2) is 9.13. The van der Waals surface area contributed by atoms with Gasteiger partial charge in [-0.05, 0) is 48.9 Å². The summed E-state index contributed by atoms with van der Waals surface area (Å²) in [4.78, 5) is 27.5. The van der Waals surface area contributed by atoms with Gasteiger partial charge in [0.1, 0.15) is 23.9 Å². The standard InChI is InChI=1S/C22H23FN2O4S/c1-14-21(15-5-8-17(23)9-6-15)25(22(27)30-14)13-20(26)24(2)12-16-7-10-18(28-3)11-19(16)29-4/h5-11H,12-13H2,1-4H3. The molecule has 0 atom stereocenters. The van der Waals surface area contributed by atoms with Gasteiger partial charge in [-0.2, -0.15) is 0 Å². The van der Waals surface area contributed by atoms with E-state index >= 15 is 0 Å². The largest absolute Gasteiger partial charge is 0.497 e. The number of benzene rings is 2. The lowest BCUT2D eigenvalue weighted by Crippen LogP contribution is -2.32. The zero-order valence-electron chi connectivity index (χ0n) is 17.3. The van der Waals surface area contributed by atoms with Crippen molar-refractivity contribution in [2.75, 3.05) is 21.3 Å². The molecule has 1 amide bonds. The Balaban J connectivity index is 1.83. The van der Waals surface area contributed by atoms with Crippen LogP contribution in [0.2, 0.25) is 0 Å². The van der Waals surface area contributed by atoms with Gasteiger partial charge in [-0.15, -0.1) is 0 Å². The molecule has 6 nitrogen and oxygen atoms in total. The van der Waals surface area contributed by atoms with Gasteiger partial charge < -0.3 is 14.4 Å². The van der Waals surface area contributed by atoms with Crippen LogP contribution in [0.25, 0.3) is 11.3 Å². The summed E-state index contributed by atoms with van der Waals surface area (Å²) in [5, 5.41) is 0. The van der Waals surface area contributed by atoms with Crippen molar-refractivity contribution in [2.45, 2.75) is 20.0 Å². The molecule has 30 heavy (non-hydrogen) atoms. The molecule has 3 aromatic rings. The van der Waals surface area contributed by atoms with Gasteiger partial charge in [-0.25, -0.2) is 4.39 Å². The highest BCUT2D eigenvalue weighted by Gasteiger charge is 2.19. The minimum Gasteiger partial charge on any atom is -0.497 e. The number of ether oxygens (including phenoxy) is 2. The SMILES string of the molecule is COc1ccc(CN(C)C(=O)Cn2c(-c3ccc(F)cc3)c(C)sc2=O)c(OC)c1. The highest BCUT2D eigenvalue weighted by molar-refractivity contribution is 7.09. The molecule has 0 fully saturated rings.